The molecule has 0 aliphatic carbocycles. The summed E-state index contributed by atoms with van der Waals surface area (Å²) < 4.78 is 3.25. The molecule has 1 amide bonds. The number of carbonyl (C=O) groups excluding carboxylic acids is 1. The number of pyridine rings is 1. The Morgan fingerprint density at radius 2 is 1.88 bits per heavy atom. The SMILES string of the molecule is O=C(c1ccccc1SCc1cn2ccccc2n1)N1CCC[C@@H](c2nc3ccccc3s2)C1. The Kier molecular flexibility index (Phi) is 5.81. The molecule has 0 radical (unpaired) electrons. The Balaban J connectivity index is 1.19. The van der Waals surface area contributed by atoms with Crippen molar-refractivity contribution >= 4 is 44.9 Å². The van der Waals surface area contributed by atoms with Crippen molar-refractivity contribution in [2.24, 2.45) is 0 Å². The molecule has 170 valence electrons. The highest BCUT2D eigenvalue weighted by molar-refractivity contribution is 7.98. The first-order valence-electron chi connectivity index (χ1n) is 11.5. The molecular weight excluding hydrogens is 460 g/mol. The van der Waals surface area contributed by atoms with Crippen LogP contribution in [0.5, 0.6) is 0 Å². The van der Waals surface area contributed by atoms with Crippen LogP contribution in [-0.4, -0.2) is 38.3 Å². The number of carbonyl (C=O) groups is 1. The van der Waals surface area contributed by atoms with Gasteiger partial charge in [-0.1, -0.05) is 30.3 Å². The number of aromatic nitrogens is 3. The van der Waals surface area contributed by atoms with Crippen LogP contribution in [0, 0.1) is 0 Å². The summed E-state index contributed by atoms with van der Waals surface area (Å²) in [5.41, 5.74) is 3.78. The lowest BCUT2D eigenvalue weighted by Gasteiger charge is -2.32. The Morgan fingerprint density at radius 1 is 1.03 bits per heavy atom. The second-order valence-electron chi connectivity index (χ2n) is 8.59. The van der Waals surface area contributed by atoms with E-state index in [4.69, 9.17) is 9.97 Å². The predicted molar refractivity (Wildman–Crippen MR) is 139 cm³/mol. The maximum Gasteiger partial charge on any atom is 0.255 e. The highest BCUT2D eigenvalue weighted by Crippen LogP contribution is 2.34. The smallest absolute Gasteiger partial charge is 0.255 e. The first-order chi connectivity index (χ1) is 16.7. The van der Waals surface area contributed by atoms with Crippen LogP contribution in [0.25, 0.3) is 15.9 Å². The molecule has 1 aliphatic rings. The first-order valence-corrected chi connectivity index (χ1v) is 13.3. The predicted octanol–water partition coefficient (Wildman–Crippen LogP) is 6.26. The van der Waals surface area contributed by atoms with Gasteiger partial charge in [0.15, 0.2) is 0 Å². The topological polar surface area (TPSA) is 50.5 Å². The molecule has 0 N–H and O–H groups in total. The Morgan fingerprint density at radius 3 is 2.79 bits per heavy atom. The zero-order valence-corrected chi connectivity index (χ0v) is 20.3. The maximum atomic E-state index is 13.6. The van der Waals surface area contributed by atoms with Gasteiger partial charge < -0.3 is 9.30 Å². The number of rotatable bonds is 5. The van der Waals surface area contributed by atoms with Gasteiger partial charge in [0.05, 0.1) is 26.5 Å². The maximum absolute atomic E-state index is 13.6. The van der Waals surface area contributed by atoms with Gasteiger partial charge in [-0.15, -0.1) is 23.1 Å². The van der Waals surface area contributed by atoms with Gasteiger partial charge in [0.1, 0.15) is 5.65 Å². The van der Waals surface area contributed by atoms with Gasteiger partial charge in [-0.2, -0.15) is 0 Å². The summed E-state index contributed by atoms with van der Waals surface area (Å²) in [6.07, 6.45) is 6.14. The fraction of sp³-hybridized carbons (Fsp3) is 0.222. The summed E-state index contributed by atoms with van der Waals surface area (Å²) in [7, 11) is 0. The third-order valence-corrected chi connectivity index (χ3v) is 8.58. The van der Waals surface area contributed by atoms with Crippen LogP contribution >= 0.6 is 23.1 Å². The van der Waals surface area contributed by atoms with Crippen molar-refractivity contribution in [1.29, 1.82) is 0 Å². The van der Waals surface area contributed by atoms with Crippen molar-refractivity contribution in [3.63, 3.8) is 0 Å². The average Bonchev–Trinajstić information content (AvgIpc) is 3.51. The zero-order chi connectivity index (χ0) is 22.9. The van der Waals surface area contributed by atoms with Crippen molar-refractivity contribution < 1.29 is 4.79 Å². The van der Waals surface area contributed by atoms with Gasteiger partial charge in [0.2, 0.25) is 0 Å². The summed E-state index contributed by atoms with van der Waals surface area (Å²) in [5, 5.41) is 1.15. The summed E-state index contributed by atoms with van der Waals surface area (Å²) in [5.74, 6) is 1.14. The van der Waals surface area contributed by atoms with Gasteiger partial charge in [-0.25, -0.2) is 9.97 Å². The van der Waals surface area contributed by atoms with E-state index in [0.29, 0.717) is 5.92 Å². The number of hydrogen-bond acceptors (Lipinski definition) is 5. The lowest BCUT2D eigenvalue weighted by atomic mass is 9.98. The molecule has 5 nitrogen and oxygen atoms in total. The molecule has 1 saturated heterocycles. The Hall–Kier alpha value is -3.16. The zero-order valence-electron chi connectivity index (χ0n) is 18.6. The number of para-hydroxylation sites is 1. The van der Waals surface area contributed by atoms with Crippen LogP contribution in [0.15, 0.2) is 84.0 Å². The van der Waals surface area contributed by atoms with E-state index < -0.39 is 0 Å². The molecule has 0 bridgehead atoms. The molecule has 0 spiro atoms. The van der Waals surface area contributed by atoms with E-state index in [-0.39, 0.29) is 5.91 Å². The molecule has 6 rings (SSSR count). The van der Waals surface area contributed by atoms with Crippen LogP contribution in [0.4, 0.5) is 0 Å². The highest BCUT2D eigenvalue weighted by Gasteiger charge is 2.28. The summed E-state index contributed by atoms with van der Waals surface area (Å²) in [6, 6.07) is 22.2. The standard InChI is InChI=1S/C27H24N4OS2/c32-27(31-15-7-8-19(16-31)26-29-22-10-2-4-12-24(22)34-26)21-9-1-3-11-23(21)33-18-20-17-30-14-6-5-13-25(30)28-20/h1-6,9-14,17,19H,7-8,15-16,18H2/t19-/m1/s1. The molecule has 7 heteroatoms. The van der Waals surface area contributed by atoms with E-state index in [9.17, 15) is 4.79 Å². The molecule has 0 unspecified atom stereocenters. The van der Waals surface area contributed by atoms with E-state index in [1.165, 1.54) is 4.70 Å². The molecular formula is C27H24N4OS2. The number of thiazole rings is 1. The van der Waals surface area contributed by atoms with Crippen molar-refractivity contribution in [3.8, 4) is 0 Å². The van der Waals surface area contributed by atoms with Crippen LogP contribution in [-0.2, 0) is 5.75 Å². The number of likely N-dealkylation sites (tertiary alicyclic amines) is 1. The average molecular weight is 485 g/mol. The monoisotopic (exact) mass is 484 g/mol. The number of benzene rings is 2. The molecule has 2 aromatic carbocycles. The second kappa shape index (κ2) is 9.24. The number of hydrogen-bond donors (Lipinski definition) is 0. The molecule has 1 atom stereocenters. The number of thioether (sulfide) groups is 1. The quantitative estimate of drug-likeness (QED) is 0.277. The van der Waals surface area contributed by atoms with Crippen LogP contribution in [0.1, 0.15) is 39.8 Å². The van der Waals surface area contributed by atoms with Crippen molar-refractivity contribution in [1.82, 2.24) is 19.3 Å². The molecule has 0 saturated carbocycles. The molecule has 1 fully saturated rings. The number of imidazole rings is 1. The molecule has 34 heavy (non-hydrogen) atoms. The first kappa shape index (κ1) is 21.4. The lowest BCUT2D eigenvalue weighted by Crippen LogP contribution is -2.39. The third-order valence-electron chi connectivity index (χ3n) is 6.28. The second-order valence-corrected chi connectivity index (χ2v) is 10.7. The molecule has 3 aromatic heterocycles. The van der Waals surface area contributed by atoms with E-state index in [2.05, 4.69) is 24.4 Å². The van der Waals surface area contributed by atoms with E-state index in [1.807, 2.05) is 64.0 Å². The van der Waals surface area contributed by atoms with Crippen LogP contribution in [0.2, 0.25) is 0 Å². The van der Waals surface area contributed by atoms with Gasteiger partial charge in [0.25, 0.3) is 5.91 Å². The number of amides is 1. The minimum absolute atomic E-state index is 0.115. The minimum atomic E-state index is 0.115. The summed E-state index contributed by atoms with van der Waals surface area (Å²) in [6.45, 7) is 1.52. The Bertz CT molecular complexity index is 1410. The third kappa shape index (κ3) is 4.21. The number of fused-ring (bicyclic) bond motifs is 2. The number of nitrogens with zero attached hydrogens (tertiary/aromatic N) is 4. The Labute approximate surface area is 206 Å². The van der Waals surface area contributed by atoms with E-state index in [1.54, 1.807) is 23.1 Å². The summed E-state index contributed by atoms with van der Waals surface area (Å²) in [4.78, 5) is 26.2. The van der Waals surface area contributed by atoms with Crippen molar-refractivity contribution in [2.45, 2.75) is 29.4 Å². The van der Waals surface area contributed by atoms with Gasteiger partial charge in [-0.3, -0.25) is 4.79 Å². The molecule has 1 aliphatic heterocycles. The normalized spacial score (nSPS) is 16.4. The minimum Gasteiger partial charge on any atom is -0.338 e. The number of piperidine rings is 1. The van der Waals surface area contributed by atoms with Crippen LogP contribution in [0.3, 0.4) is 0 Å². The van der Waals surface area contributed by atoms with Gasteiger partial charge in [0, 0.05) is 42.0 Å². The summed E-state index contributed by atoms with van der Waals surface area (Å²) >= 11 is 3.44. The van der Waals surface area contributed by atoms with Gasteiger partial charge >= 0.3 is 0 Å². The van der Waals surface area contributed by atoms with E-state index in [0.717, 1.165) is 64.0 Å². The highest BCUT2D eigenvalue weighted by atomic mass is 32.2. The molecule has 4 heterocycles. The lowest BCUT2D eigenvalue weighted by molar-refractivity contribution is 0.0703. The van der Waals surface area contributed by atoms with Gasteiger partial charge in [-0.05, 0) is 49.2 Å². The largest absolute Gasteiger partial charge is 0.338 e. The molecule has 5 aromatic rings. The fourth-order valence-corrected chi connectivity index (χ4v) is 6.60. The fourth-order valence-electron chi connectivity index (χ4n) is 4.58. The van der Waals surface area contributed by atoms with Crippen molar-refractivity contribution in [2.75, 3.05) is 13.1 Å². The van der Waals surface area contributed by atoms with E-state index >= 15 is 0 Å². The van der Waals surface area contributed by atoms with Crippen molar-refractivity contribution in [3.05, 3.63) is 95.4 Å². The van der Waals surface area contributed by atoms with Crippen LogP contribution < -0.4 is 0 Å².